The maximum absolute atomic E-state index is 13.3. The summed E-state index contributed by atoms with van der Waals surface area (Å²) in [5.74, 6) is -7.35. The van der Waals surface area contributed by atoms with Crippen molar-refractivity contribution in [2.75, 3.05) is 6.61 Å². The van der Waals surface area contributed by atoms with Gasteiger partial charge in [-0.1, -0.05) is 27.4 Å². The summed E-state index contributed by atoms with van der Waals surface area (Å²) in [6, 6.07) is 0. The molecule has 0 bridgehead atoms. The number of esters is 6. The highest BCUT2D eigenvalue weighted by atomic mass is 35.5. The van der Waals surface area contributed by atoms with Crippen molar-refractivity contribution in [1.29, 1.82) is 0 Å². The molecule has 2 aliphatic heterocycles. The number of aliphatic hydroxyl groups is 1. The van der Waals surface area contributed by atoms with Crippen molar-refractivity contribution < 1.29 is 67.0 Å². The number of ether oxygens (including phenoxy) is 7. The van der Waals surface area contributed by atoms with Crippen LogP contribution in [0.1, 0.15) is 74.7 Å². The van der Waals surface area contributed by atoms with E-state index in [2.05, 4.69) is 6.58 Å². The van der Waals surface area contributed by atoms with Gasteiger partial charge in [0.2, 0.25) is 0 Å². The Kier molecular flexibility index (Phi) is 10.6. The van der Waals surface area contributed by atoms with Crippen molar-refractivity contribution in [3.05, 3.63) is 12.2 Å². The second-order valence-electron chi connectivity index (χ2n) is 13.9. The second-order valence-corrected chi connectivity index (χ2v) is 14.4. The van der Waals surface area contributed by atoms with Gasteiger partial charge in [0.15, 0.2) is 11.7 Å². The molecule has 4 aliphatic rings. The number of carbonyl (C=O) groups is 6. The Morgan fingerprint density at radius 3 is 1.92 bits per heavy atom. The van der Waals surface area contributed by atoms with Gasteiger partial charge in [-0.05, 0) is 18.4 Å². The van der Waals surface area contributed by atoms with Crippen LogP contribution in [0.2, 0.25) is 0 Å². The number of hydrogen-bond acceptors (Lipinski definition) is 14. The Morgan fingerprint density at radius 1 is 0.917 bits per heavy atom. The number of rotatable bonds is 7. The van der Waals surface area contributed by atoms with Gasteiger partial charge in [0, 0.05) is 52.9 Å². The monoisotopic (exact) mass is 700 g/mol. The smallest absolute Gasteiger partial charge is 0.312 e. The van der Waals surface area contributed by atoms with Crippen LogP contribution in [0.25, 0.3) is 0 Å². The highest BCUT2D eigenvalue weighted by Gasteiger charge is 2.79. The van der Waals surface area contributed by atoms with Gasteiger partial charge in [-0.2, -0.15) is 0 Å². The molecule has 2 saturated heterocycles. The molecule has 0 aromatic heterocycles. The van der Waals surface area contributed by atoms with Crippen LogP contribution in [0.3, 0.4) is 0 Å². The van der Waals surface area contributed by atoms with Gasteiger partial charge in [-0.25, -0.2) is 0 Å². The molecule has 1 N–H and O–H groups in total. The number of epoxide rings is 1. The molecule has 0 unspecified atom stereocenters. The van der Waals surface area contributed by atoms with Crippen LogP contribution in [-0.2, 0) is 61.9 Å². The summed E-state index contributed by atoms with van der Waals surface area (Å²) in [6.45, 7) is 15.1. The fourth-order valence-electron chi connectivity index (χ4n) is 7.82. The quantitative estimate of drug-likeness (QED) is 0.134. The van der Waals surface area contributed by atoms with E-state index >= 15 is 0 Å². The fourth-order valence-corrected chi connectivity index (χ4v) is 8.21. The molecule has 2 aliphatic carbocycles. The van der Waals surface area contributed by atoms with Crippen molar-refractivity contribution in [2.45, 2.75) is 128 Å². The summed E-state index contributed by atoms with van der Waals surface area (Å²) >= 11 is 6.92. The van der Waals surface area contributed by atoms with Crippen LogP contribution >= 0.6 is 11.6 Å². The lowest BCUT2D eigenvalue weighted by Gasteiger charge is -2.58. The SMILES string of the molecule is C=C1[C@H](OC(C)=O)C[C@H](OC(C)=O)[C@@]2(C)[C@@H](OC(C)=O)C[C@@H](OC(=O)CC(C)C)[C@]3(CO3)[C@@H]2[C@H](OC(C)=O)[C@]2(O)[C@@H](C)C(=O)O[C@H]2[C@H]1Cl. The van der Waals surface area contributed by atoms with Crippen LogP contribution < -0.4 is 0 Å². The summed E-state index contributed by atoms with van der Waals surface area (Å²) in [7, 11) is 0. The Balaban J connectivity index is 2.09. The largest absolute Gasteiger partial charge is 0.462 e. The number of alkyl halides is 1. The first-order chi connectivity index (χ1) is 22.2. The van der Waals surface area contributed by atoms with Gasteiger partial charge >= 0.3 is 35.8 Å². The topological polar surface area (TPSA) is 191 Å². The molecule has 268 valence electrons. The Bertz CT molecular complexity index is 1360. The van der Waals surface area contributed by atoms with E-state index in [9.17, 15) is 33.9 Å². The lowest BCUT2D eigenvalue weighted by molar-refractivity contribution is -0.262. The first kappa shape index (κ1) is 37.6. The number of halogens is 1. The number of carbonyl (C=O) groups excluding carboxylic acids is 6. The third-order valence-electron chi connectivity index (χ3n) is 10.1. The minimum atomic E-state index is -2.42. The average Bonchev–Trinajstić information content (AvgIpc) is 3.70. The predicted molar refractivity (Wildman–Crippen MR) is 164 cm³/mol. The van der Waals surface area contributed by atoms with Gasteiger partial charge in [0.25, 0.3) is 0 Å². The van der Waals surface area contributed by atoms with E-state index in [4.69, 9.17) is 44.8 Å². The zero-order valence-corrected chi connectivity index (χ0v) is 29.2. The molecule has 2 heterocycles. The predicted octanol–water partition coefficient (Wildman–Crippen LogP) is 2.33. The first-order valence-corrected chi connectivity index (χ1v) is 16.4. The molecule has 14 nitrogen and oxygen atoms in total. The van der Waals surface area contributed by atoms with Gasteiger partial charge in [-0.3, -0.25) is 28.8 Å². The third kappa shape index (κ3) is 6.67. The van der Waals surface area contributed by atoms with E-state index in [0.29, 0.717) is 0 Å². The zero-order valence-electron chi connectivity index (χ0n) is 28.4. The van der Waals surface area contributed by atoms with Crippen molar-refractivity contribution >= 4 is 47.4 Å². The summed E-state index contributed by atoms with van der Waals surface area (Å²) < 4.78 is 41.3. The molecular formula is C33H45ClO14. The molecule has 4 fully saturated rings. The standard InChI is InChI=1S/C33H45ClO14/c1-14(2)10-25(39)47-24-12-23(45-19(7)37)31(9)22(44-18(6)36)11-21(43-17(5)35)15(3)26(34)28-33(41,16(4)30(40)48-28)29(46-20(8)38)27(31)32(24)13-42-32/h14,16,21-24,26-29,41H,3,10-13H2,1-2,4-9H3/t16-,21+,22-,23-,24+,26-,27+,28-,29-,31-,32+,33-/m0/s1. The van der Waals surface area contributed by atoms with Crippen molar-refractivity contribution in [3.63, 3.8) is 0 Å². The molecule has 48 heavy (non-hydrogen) atoms. The lowest BCUT2D eigenvalue weighted by atomic mass is 9.51. The third-order valence-corrected chi connectivity index (χ3v) is 10.6. The number of fused-ring (bicyclic) bond motifs is 3. The van der Waals surface area contributed by atoms with Gasteiger partial charge in [0.1, 0.15) is 36.1 Å². The highest BCUT2D eigenvalue weighted by molar-refractivity contribution is 6.23. The van der Waals surface area contributed by atoms with E-state index in [1.165, 1.54) is 6.92 Å². The van der Waals surface area contributed by atoms with Gasteiger partial charge in [-0.15, -0.1) is 11.6 Å². The Labute approximate surface area is 284 Å². The minimum Gasteiger partial charge on any atom is -0.462 e. The first-order valence-electron chi connectivity index (χ1n) is 16.0. The molecule has 15 heteroatoms. The molecule has 12 atom stereocenters. The molecule has 0 aromatic rings. The molecule has 0 aromatic carbocycles. The maximum atomic E-state index is 13.3. The van der Waals surface area contributed by atoms with E-state index in [1.807, 2.05) is 13.8 Å². The summed E-state index contributed by atoms with van der Waals surface area (Å²) in [5.41, 5.74) is -5.60. The molecular weight excluding hydrogens is 656 g/mol. The normalized spacial score (nSPS) is 40.5. The molecule has 4 rings (SSSR count). The van der Waals surface area contributed by atoms with E-state index in [1.54, 1.807) is 6.92 Å². The van der Waals surface area contributed by atoms with Crippen molar-refractivity contribution in [1.82, 2.24) is 0 Å². The second kappa shape index (κ2) is 13.6. The summed E-state index contributed by atoms with van der Waals surface area (Å²) in [5, 5.41) is 11.4. The minimum absolute atomic E-state index is 0.00399. The molecule has 2 saturated carbocycles. The Hall–Kier alpha value is -3.23. The van der Waals surface area contributed by atoms with E-state index in [-0.39, 0.29) is 37.4 Å². The van der Waals surface area contributed by atoms with Crippen LogP contribution in [0.15, 0.2) is 12.2 Å². The van der Waals surface area contributed by atoms with Crippen LogP contribution in [0.5, 0.6) is 0 Å². The lowest BCUT2D eigenvalue weighted by Crippen LogP contribution is -2.73. The van der Waals surface area contributed by atoms with Crippen LogP contribution in [-0.4, -0.2) is 101 Å². The summed E-state index contributed by atoms with van der Waals surface area (Å²) in [4.78, 5) is 77.3. The van der Waals surface area contributed by atoms with E-state index < -0.39 is 106 Å². The van der Waals surface area contributed by atoms with E-state index in [0.717, 1.165) is 27.7 Å². The highest BCUT2D eigenvalue weighted by Crippen LogP contribution is 2.63. The van der Waals surface area contributed by atoms with Gasteiger partial charge < -0.3 is 38.3 Å². The molecule has 0 amide bonds. The average molecular weight is 701 g/mol. The summed E-state index contributed by atoms with van der Waals surface area (Å²) in [6.07, 6.45) is -8.70. The molecule has 1 spiro atoms. The fraction of sp³-hybridized carbons (Fsp3) is 0.758. The van der Waals surface area contributed by atoms with Crippen molar-refractivity contribution in [3.8, 4) is 0 Å². The zero-order chi connectivity index (χ0) is 36.1. The maximum Gasteiger partial charge on any atom is 0.312 e. The number of hydrogen-bond donors (Lipinski definition) is 1. The van der Waals surface area contributed by atoms with Gasteiger partial charge in [0.05, 0.1) is 23.3 Å². The Morgan fingerprint density at radius 2 is 1.44 bits per heavy atom. The van der Waals surface area contributed by atoms with Crippen LogP contribution in [0.4, 0.5) is 0 Å². The van der Waals surface area contributed by atoms with Crippen molar-refractivity contribution in [2.24, 2.45) is 23.2 Å². The molecule has 0 radical (unpaired) electrons. The van der Waals surface area contributed by atoms with Crippen LogP contribution in [0, 0.1) is 23.2 Å².